The lowest BCUT2D eigenvalue weighted by Crippen LogP contribution is -2.43. The van der Waals surface area contributed by atoms with E-state index >= 15 is 0 Å². The van der Waals surface area contributed by atoms with Crippen LogP contribution in [0.1, 0.15) is 36.5 Å². The first kappa shape index (κ1) is 18.9. The Morgan fingerprint density at radius 1 is 0.963 bits per heavy atom. The number of benzene rings is 2. The van der Waals surface area contributed by atoms with E-state index in [1.54, 1.807) is 0 Å². The molecule has 3 nitrogen and oxygen atoms in total. The average molecular weight is 385 g/mol. The summed E-state index contributed by atoms with van der Waals surface area (Å²) in [6.07, 6.45) is 3.85. The van der Waals surface area contributed by atoms with Crippen LogP contribution in [-0.2, 0) is 11.3 Å². The molecule has 0 radical (unpaired) electrons. The molecular weight excluding hydrogens is 356 g/mol. The zero-order valence-corrected chi connectivity index (χ0v) is 16.6. The lowest BCUT2D eigenvalue weighted by molar-refractivity contribution is 0.0885. The summed E-state index contributed by atoms with van der Waals surface area (Å²) in [5, 5.41) is 4.64. The van der Waals surface area contributed by atoms with Gasteiger partial charge >= 0.3 is 0 Å². The Bertz CT molecular complexity index is 698. The number of rotatable bonds is 6. The molecular formula is C23H29ClN2O. The van der Waals surface area contributed by atoms with Crippen LogP contribution in [0.15, 0.2) is 54.6 Å². The van der Waals surface area contributed by atoms with Gasteiger partial charge in [-0.05, 0) is 55.6 Å². The van der Waals surface area contributed by atoms with Gasteiger partial charge < -0.3 is 10.1 Å². The molecule has 2 aromatic carbocycles. The average Bonchev–Trinajstić information content (AvgIpc) is 3.19. The highest BCUT2D eigenvalue weighted by atomic mass is 35.5. The van der Waals surface area contributed by atoms with E-state index in [1.165, 1.54) is 24.0 Å². The van der Waals surface area contributed by atoms with Crippen molar-refractivity contribution in [3.05, 3.63) is 70.7 Å². The van der Waals surface area contributed by atoms with Crippen molar-refractivity contribution >= 4 is 11.6 Å². The molecule has 2 aromatic rings. The van der Waals surface area contributed by atoms with Crippen LogP contribution in [0.3, 0.4) is 0 Å². The third kappa shape index (κ3) is 5.11. The molecule has 1 N–H and O–H groups in total. The van der Waals surface area contributed by atoms with Gasteiger partial charge in [0.1, 0.15) is 0 Å². The van der Waals surface area contributed by atoms with Crippen molar-refractivity contribution in [2.45, 2.75) is 38.0 Å². The largest absolute Gasteiger partial charge is 0.373 e. The Balaban J connectivity index is 1.22. The third-order valence-electron chi connectivity index (χ3n) is 5.92. The van der Waals surface area contributed by atoms with Crippen molar-refractivity contribution < 1.29 is 4.74 Å². The lowest BCUT2D eigenvalue weighted by Gasteiger charge is -2.33. The SMILES string of the molecule is Clc1ccc(CN2CCC(NC[C@@H]3CCO[C@H]3c3ccccc3)CC2)cc1. The van der Waals surface area contributed by atoms with E-state index in [9.17, 15) is 0 Å². The van der Waals surface area contributed by atoms with Gasteiger partial charge in [-0.25, -0.2) is 0 Å². The molecule has 4 rings (SSSR count). The lowest BCUT2D eigenvalue weighted by atomic mass is 9.94. The van der Waals surface area contributed by atoms with Gasteiger partial charge in [-0.15, -0.1) is 0 Å². The Morgan fingerprint density at radius 3 is 2.44 bits per heavy atom. The standard InChI is InChI=1S/C23H29ClN2O/c24-21-8-6-18(7-9-21)17-26-13-10-22(11-14-26)25-16-20-12-15-27-23(20)19-4-2-1-3-5-19/h1-9,20,22-23,25H,10-17H2/t20-,23-/m0/s1. The molecule has 0 aromatic heterocycles. The van der Waals surface area contributed by atoms with E-state index < -0.39 is 0 Å². The maximum absolute atomic E-state index is 6.03. The summed E-state index contributed by atoms with van der Waals surface area (Å²) in [5.41, 5.74) is 2.67. The molecule has 2 saturated heterocycles. The minimum Gasteiger partial charge on any atom is -0.373 e. The second-order valence-electron chi connectivity index (χ2n) is 7.84. The first-order chi connectivity index (χ1) is 13.3. The molecule has 4 heteroatoms. The molecule has 0 aliphatic carbocycles. The molecule has 0 spiro atoms. The van der Waals surface area contributed by atoms with Gasteiger partial charge in [-0.1, -0.05) is 54.1 Å². The highest BCUT2D eigenvalue weighted by molar-refractivity contribution is 6.30. The van der Waals surface area contributed by atoms with Gasteiger partial charge in [0.2, 0.25) is 0 Å². The summed E-state index contributed by atoms with van der Waals surface area (Å²) < 4.78 is 6.03. The fraction of sp³-hybridized carbons (Fsp3) is 0.478. The quantitative estimate of drug-likeness (QED) is 0.783. The number of hydrogen-bond acceptors (Lipinski definition) is 3. The highest BCUT2D eigenvalue weighted by Gasteiger charge is 2.30. The Kier molecular flexibility index (Phi) is 6.46. The number of ether oxygens (including phenoxy) is 1. The fourth-order valence-corrected chi connectivity index (χ4v) is 4.44. The van der Waals surface area contributed by atoms with Gasteiger partial charge in [0.05, 0.1) is 6.10 Å². The molecule has 2 fully saturated rings. The summed E-state index contributed by atoms with van der Waals surface area (Å²) in [4.78, 5) is 2.55. The maximum Gasteiger partial charge on any atom is 0.0866 e. The molecule has 144 valence electrons. The predicted octanol–water partition coefficient (Wildman–Crippen LogP) is 4.67. The van der Waals surface area contributed by atoms with Crippen molar-refractivity contribution in [3.63, 3.8) is 0 Å². The number of hydrogen-bond donors (Lipinski definition) is 1. The highest BCUT2D eigenvalue weighted by Crippen LogP contribution is 2.34. The zero-order valence-electron chi connectivity index (χ0n) is 15.8. The Morgan fingerprint density at radius 2 is 1.70 bits per heavy atom. The summed E-state index contributed by atoms with van der Waals surface area (Å²) in [6.45, 7) is 5.27. The van der Waals surface area contributed by atoms with Gasteiger partial charge in [0.25, 0.3) is 0 Å². The zero-order chi connectivity index (χ0) is 18.5. The first-order valence-corrected chi connectivity index (χ1v) is 10.5. The van der Waals surface area contributed by atoms with Crippen molar-refractivity contribution in [2.75, 3.05) is 26.2 Å². The Labute approximate surface area is 167 Å². The number of likely N-dealkylation sites (tertiary alicyclic amines) is 1. The van der Waals surface area contributed by atoms with Crippen molar-refractivity contribution in [1.82, 2.24) is 10.2 Å². The molecule has 0 saturated carbocycles. The molecule has 0 amide bonds. The fourth-order valence-electron chi connectivity index (χ4n) is 4.32. The van der Waals surface area contributed by atoms with Crippen LogP contribution in [0.4, 0.5) is 0 Å². The molecule has 2 heterocycles. The van der Waals surface area contributed by atoms with Crippen molar-refractivity contribution in [3.8, 4) is 0 Å². The predicted molar refractivity (Wildman–Crippen MR) is 111 cm³/mol. The summed E-state index contributed by atoms with van der Waals surface area (Å²) in [6, 6.07) is 19.5. The van der Waals surface area contributed by atoms with Gasteiger partial charge in [-0.2, -0.15) is 0 Å². The van der Waals surface area contributed by atoms with Crippen LogP contribution < -0.4 is 5.32 Å². The number of halogens is 1. The van der Waals surface area contributed by atoms with E-state index in [0.717, 1.165) is 44.2 Å². The third-order valence-corrected chi connectivity index (χ3v) is 6.17. The van der Waals surface area contributed by atoms with E-state index in [0.29, 0.717) is 12.0 Å². The van der Waals surface area contributed by atoms with Crippen LogP contribution in [0.5, 0.6) is 0 Å². The number of nitrogens with one attached hydrogen (secondary N) is 1. The monoisotopic (exact) mass is 384 g/mol. The molecule has 0 bridgehead atoms. The maximum atomic E-state index is 6.03. The van der Waals surface area contributed by atoms with Gasteiger partial charge in [0.15, 0.2) is 0 Å². The van der Waals surface area contributed by atoms with Crippen LogP contribution in [0.2, 0.25) is 5.02 Å². The van der Waals surface area contributed by atoms with E-state index in [1.807, 2.05) is 12.1 Å². The van der Waals surface area contributed by atoms with E-state index in [-0.39, 0.29) is 6.10 Å². The van der Waals surface area contributed by atoms with E-state index in [2.05, 4.69) is 52.7 Å². The molecule has 0 unspecified atom stereocenters. The first-order valence-electron chi connectivity index (χ1n) is 10.1. The second-order valence-corrected chi connectivity index (χ2v) is 8.27. The van der Waals surface area contributed by atoms with Crippen LogP contribution in [-0.4, -0.2) is 37.2 Å². The second kappa shape index (κ2) is 9.20. The summed E-state index contributed by atoms with van der Waals surface area (Å²) >= 11 is 5.98. The van der Waals surface area contributed by atoms with Gasteiger partial charge in [-0.3, -0.25) is 4.90 Å². The van der Waals surface area contributed by atoms with Crippen molar-refractivity contribution in [2.24, 2.45) is 5.92 Å². The molecule has 2 aliphatic heterocycles. The molecule has 2 atom stereocenters. The minimum atomic E-state index is 0.253. The smallest absolute Gasteiger partial charge is 0.0866 e. The molecule has 27 heavy (non-hydrogen) atoms. The number of piperidine rings is 1. The van der Waals surface area contributed by atoms with Crippen molar-refractivity contribution in [1.29, 1.82) is 0 Å². The minimum absolute atomic E-state index is 0.253. The Hall–Kier alpha value is -1.39. The van der Waals surface area contributed by atoms with Crippen LogP contribution in [0.25, 0.3) is 0 Å². The topological polar surface area (TPSA) is 24.5 Å². The van der Waals surface area contributed by atoms with E-state index in [4.69, 9.17) is 16.3 Å². The summed E-state index contributed by atoms with van der Waals surface area (Å²) in [5.74, 6) is 0.583. The number of nitrogens with zero attached hydrogens (tertiary/aromatic N) is 1. The molecule has 2 aliphatic rings. The summed E-state index contributed by atoms with van der Waals surface area (Å²) in [7, 11) is 0. The van der Waals surface area contributed by atoms with Crippen LogP contribution in [0, 0.1) is 5.92 Å². The van der Waals surface area contributed by atoms with Gasteiger partial charge in [0, 0.05) is 36.7 Å². The normalized spacial score (nSPS) is 24.3. The van der Waals surface area contributed by atoms with Crippen LogP contribution >= 0.6 is 11.6 Å².